The standard InChI is InChI=1S/C16H18N2O5/c1-3-22-15(20)17-18(16(21)23-4-2)13-9-10-14(19)12-8-6-5-7-11(12)13/h5-10,19H,3-4H2,1-2H3,(H,17,20). The number of hydrazine groups is 1. The van der Waals surface area contributed by atoms with Crippen LogP contribution in [0.1, 0.15) is 13.8 Å². The monoisotopic (exact) mass is 318 g/mol. The molecule has 0 radical (unpaired) electrons. The number of fused-ring (bicyclic) bond motifs is 1. The van der Waals surface area contributed by atoms with Gasteiger partial charge in [-0.1, -0.05) is 24.3 Å². The van der Waals surface area contributed by atoms with Crippen molar-refractivity contribution in [3.05, 3.63) is 36.4 Å². The summed E-state index contributed by atoms with van der Waals surface area (Å²) in [6.07, 6.45) is -1.53. The van der Waals surface area contributed by atoms with Gasteiger partial charge in [-0.2, -0.15) is 5.01 Å². The van der Waals surface area contributed by atoms with Crippen molar-refractivity contribution in [2.45, 2.75) is 13.8 Å². The number of nitrogens with zero attached hydrogens (tertiary/aromatic N) is 1. The number of hydrogen-bond acceptors (Lipinski definition) is 5. The Morgan fingerprint density at radius 3 is 2.35 bits per heavy atom. The molecule has 0 unspecified atom stereocenters. The van der Waals surface area contributed by atoms with E-state index < -0.39 is 12.2 Å². The molecule has 0 bridgehead atoms. The van der Waals surface area contributed by atoms with Gasteiger partial charge in [0.1, 0.15) is 5.75 Å². The van der Waals surface area contributed by atoms with Gasteiger partial charge in [0, 0.05) is 10.8 Å². The largest absolute Gasteiger partial charge is 0.507 e. The number of aromatic hydroxyl groups is 1. The molecule has 122 valence electrons. The summed E-state index contributed by atoms with van der Waals surface area (Å²) in [5.74, 6) is 0.0734. The van der Waals surface area contributed by atoms with Gasteiger partial charge in [0.15, 0.2) is 0 Å². The van der Waals surface area contributed by atoms with E-state index in [0.29, 0.717) is 16.5 Å². The second-order valence-corrected chi connectivity index (χ2v) is 4.52. The molecule has 0 saturated carbocycles. The molecule has 7 heteroatoms. The number of phenolic OH excluding ortho intramolecular Hbond substituents is 1. The number of anilines is 1. The predicted octanol–water partition coefficient (Wildman–Crippen LogP) is 3.17. The second kappa shape index (κ2) is 7.35. The normalized spacial score (nSPS) is 10.2. The van der Waals surface area contributed by atoms with E-state index in [4.69, 9.17) is 9.47 Å². The number of benzene rings is 2. The van der Waals surface area contributed by atoms with Crippen molar-refractivity contribution in [1.82, 2.24) is 5.43 Å². The minimum absolute atomic E-state index is 0.0734. The molecule has 0 aliphatic carbocycles. The number of carbonyl (C=O) groups is 2. The van der Waals surface area contributed by atoms with Crippen molar-refractivity contribution in [1.29, 1.82) is 0 Å². The maximum Gasteiger partial charge on any atom is 0.433 e. The lowest BCUT2D eigenvalue weighted by Crippen LogP contribution is -2.47. The fourth-order valence-corrected chi connectivity index (χ4v) is 2.11. The van der Waals surface area contributed by atoms with Crippen LogP contribution in [0.5, 0.6) is 5.75 Å². The Kier molecular flexibility index (Phi) is 5.24. The Balaban J connectivity index is 2.48. The van der Waals surface area contributed by atoms with Gasteiger partial charge in [0.05, 0.1) is 18.9 Å². The van der Waals surface area contributed by atoms with Gasteiger partial charge < -0.3 is 14.6 Å². The summed E-state index contributed by atoms with van der Waals surface area (Å²) in [7, 11) is 0. The molecule has 0 aromatic heterocycles. The Hall–Kier alpha value is -2.96. The van der Waals surface area contributed by atoms with Crippen LogP contribution in [0.3, 0.4) is 0 Å². The lowest BCUT2D eigenvalue weighted by molar-refractivity contribution is 0.139. The summed E-state index contributed by atoms with van der Waals surface area (Å²) in [6, 6.07) is 9.92. The average Bonchev–Trinajstić information content (AvgIpc) is 2.54. The first kappa shape index (κ1) is 16.4. The van der Waals surface area contributed by atoms with Gasteiger partial charge >= 0.3 is 12.2 Å². The molecule has 2 N–H and O–H groups in total. The minimum Gasteiger partial charge on any atom is -0.507 e. The van der Waals surface area contributed by atoms with Crippen LogP contribution in [-0.2, 0) is 9.47 Å². The van der Waals surface area contributed by atoms with Crippen LogP contribution in [0.25, 0.3) is 10.8 Å². The SMILES string of the molecule is CCOC(=O)NN(C(=O)OCC)c1ccc(O)c2ccccc12. The smallest absolute Gasteiger partial charge is 0.433 e. The molecule has 0 aliphatic rings. The lowest BCUT2D eigenvalue weighted by Gasteiger charge is -2.23. The van der Waals surface area contributed by atoms with Crippen LogP contribution < -0.4 is 10.4 Å². The van der Waals surface area contributed by atoms with Crippen molar-refractivity contribution in [2.75, 3.05) is 18.2 Å². The quantitative estimate of drug-likeness (QED) is 0.849. The first-order valence-electron chi connectivity index (χ1n) is 7.19. The Morgan fingerprint density at radius 1 is 1.04 bits per heavy atom. The average molecular weight is 318 g/mol. The second-order valence-electron chi connectivity index (χ2n) is 4.52. The Bertz CT molecular complexity index is 717. The number of ether oxygens (including phenoxy) is 2. The van der Waals surface area contributed by atoms with Crippen molar-refractivity contribution < 1.29 is 24.2 Å². The minimum atomic E-state index is -0.780. The number of amides is 2. The number of carbonyl (C=O) groups excluding carboxylic acids is 2. The zero-order chi connectivity index (χ0) is 16.8. The van der Waals surface area contributed by atoms with E-state index in [2.05, 4.69) is 5.43 Å². The van der Waals surface area contributed by atoms with Crippen molar-refractivity contribution >= 4 is 28.6 Å². The highest BCUT2D eigenvalue weighted by Crippen LogP contribution is 2.32. The molecule has 0 fully saturated rings. The Labute approximate surface area is 133 Å². The molecule has 2 aromatic carbocycles. The van der Waals surface area contributed by atoms with Crippen molar-refractivity contribution in [3.8, 4) is 5.75 Å². The van der Waals surface area contributed by atoms with E-state index in [1.807, 2.05) is 0 Å². The third kappa shape index (κ3) is 3.63. The highest BCUT2D eigenvalue weighted by molar-refractivity contribution is 6.04. The summed E-state index contributed by atoms with van der Waals surface area (Å²) in [5, 5.41) is 12.0. The van der Waals surface area contributed by atoms with Gasteiger partial charge in [0.2, 0.25) is 0 Å². The van der Waals surface area contributed by atoms with Crippen LogP contribution in [0.15, 0.2) is 36.4 Å². The fraction of sp³-hybridized carbons (Fsp3) is 0.250. The molecular formula is C16H18N2O5. The van der Waals surface area contributed by atoms with Crippen LogP contribution >= 0.6 is 0 Å². The highest BCUT2D eigenvalue weighted by Gasteiger charge is 2.22. The van der Waals surface area contributed by atoms with Gasteiger partial charge in [-0.15, -0.1) is 0 Å². The molecule has 0 spiro atoms. The molecule has 7 nitrogen and oxygen atoms in total. The van der Waals surface area contributed by atoms with Gasteiger partial charge in [-0.05, 0) is 26.0 Å². The van der Waals surface area contributed by atoms with E-state index >= 15 is 0 Å². The first-order valence-corrected chi connectivity index (χ1v) is 7.19. The molecule has 0 heterocycles. The molecular weight excluding hydrogens is 300 g/mol. The van der Waals surface area contributed by atoms with Gasteiger partial charge in [-0.3, -0.25) is 0 Å². The predicted molar refractivity (Wildman–Crippen MR) is 85.3 cm³/mol. The molecule has 23 heavy (non-hydrogen) atoms. The molecule has 2 rings (SSSR count). The molecule has 2 aromatic rings. The lowest BCUT2D eigenvalue weighted by atomic mass is 10.1. The van der Waals surface area contributed by atoms with Crippen molar-refractivity contribution in [3.63, 3.8) is 0 Å². The zero-order valence-electron chi connectivity index (χ0n) is 12.9. The summed E-state index contributed by atoms with van der Waals surface area (Å²) < 4.78 is 9.78. The number of rotatable bonds is 3. The summed E-state index contributed by atoms with van der Waals surface area (Å²) >= 11 is 0. The third-order valence-corrected chi connectivity index (χ3v) is 3.05. The third-order valence-electron chi connectivity index (χ3n) is 3.05. The van der Waals surface area contributed by atoms with Crippen LogP contribution in [0, 0.1) is 0 Å². The van der Waals surface area contributed by atoms with Crippen LogP contribution in [0.4, 0.5) is 15.3 Å². The summed E-state index contributed by atoms with van der Waals surface area (Å²) in [5.41, 5.74) is 2.71. The van der Waals surface area contributed by atoms with E-state index in [1.54, 1.807) is 38.1 Å². The van der Waals surface area contributed by atoms with E-state index in [9.17, 15) is 14.7 Å². The number of hydrogen-bond donors (Lipinski definition) is 2. The van der Waals surface area contributed by atoms with Gasteiger partial charge in [0.25, 0.3) is 0 Å². The topological polar surface area (TPSA) is 88.1 Å². The van der Waals surface area contributed by atoms with E-state index in [0.717, 1.165) is 5.01 Å². The zero-order valence-corrected chi connectivity index (χ0v) is 12.9. The summed E-state index contributed by atoms with van der Waals surface area (Å²) in [4.78, 5) is 23.9. The number of phenols is 1. The summed E-state index contributed by atoms with van der Waals surface area (Å²) in [6.45, 7) is 3.63. The van der Waals surface area contributed by atoms with Crippen molar-refractivity contribution in [2.24, 2.45) is 0 Å². The molecule has 2 amide bonds. The van der Waals surface area contributed by atoms with E-state index in [-0.39, 0.29) is 19.0 Å². The van der Waals surface area contributed by atoms with E-state index in [1.165, 1.54) is 12.1 Å². The van der Waals surface area contributed by atoms with Crippen LogP contribution in [0.2, 0.25) is 0 Å². The molecule has 0 atom stereocenters. The highest BCUT2D eigenvalue weighted by atomic mass is 16.6. The molecule has 0 saturated heterocycles. The van der Waals surface area contributed by atoms with Crippen LogP contribution in [-0.4, -0.2) is 30.5 Å². The maximum absolute atomic E-state index is 12.2. The van der Waals surface area contributed by atoms with Gasteiger partial charge in [-0.25, -0.2) is 15.0 Å². The number of nitrogens with one attached hydrogen (secondary N) is 1. The first-order chi connectivity index (χ1) is 11.1. The Morgan fingerprint density at radius 2 is 1.70 bits per heavy atom. The molecule has 0 aliphatic heterocycles. The maximum atomic E-state index is 12.2. The fourth-order valence-electron chi connectivity index (χ4n) is 2.11.